The predicted molar refractivity (Wildman–Crippen MR) is 47.6 cm³/mol. The number of rotatable bonds is 1. The Morgan fingerprint density at radius 1 is 1.40 bits per heavy atom. The van der Waals surface area contributed by atoms with Crippen molar-refractivity contribution in [1.82, 2.24) is 0 Å². The van der Waals surface area contributed by atoms with E-state index >= 15 is 0 Å². The topological polar surface area (TPSA) is 63.3 Å². The first kappa shape index (κ1) is 11.4. The highest BCUT2D eigenvalue weighted by Gasteiger charge is 2.33. The van der Waals surface area contributed by atoms with Crippen LogP contribution in [0.25, 0.3) is 0 Å². The molecule has 0 unspecified atom stereocenters. The van der Waals surface area contributed by atoms with Gasteiger partial charge in [0.25, 0.3) is 0 Å². The average Bonchev–Trinajstić information content (AvgIpc) is 2.00. The molecule has 1 aromatic carbocycles. The minimum atomic E-state index is -4.57. The van der Waals surface area contributed by atoms with Gasteiger partial charge < -0.3 is 10.8 Å². The number of aryl methyl sites for hydroxylation is 1. The van der Waals surface area contributed by atoms with Gasteiger partial charge in [0.05, 0.1) is 11.1 Å². The fourth-order valence-electron chi connectivity index (χ4n) is 1.22. The molecular formula is C9H8F3NO2. The summed E-state index contributed by atoms with van der Waals surface area (Å²) in [5.41, 5.74) is 3.51. The summed E-state index contributed by atoms with van der Waals surface area (Å²) in [6.07, 6.45) is -4.57. The summed E-state index contributed by atoms with van der Waals surface area (Å²) >= 11 is 0. The van der Waals surface area contributed by atoms with E-state index in [1.165, 1.54) is 6.92 Å². The van der Waals surface area contributed by atoms with Gasteiger partial charge in [-0.25, -0.2) is 4.79 Å². The molecule has 3 nitrogen and oxygen atoms in total. The Labute approximate surface area is 83.3 Å². The Hall–Kier alpha value is -1.72. The predicted octanol–water partition coefficient (Wildman–Crippen LogP) is 2.29. The molecule has 0 saturated carbocycles. The molecule has 1 aromatic rings. The summed E-state index contributed by atoms with van der Waals surface area (Å²) < 4.78 is 37.2. The number of halogens is 3. The number of nitrogens with two attached hydrogens (primary N) is 1. The third-order valence-corrected chi connectivity index (χ3v) is 1.93. The zero-order valence-electron chi connectivity index (χ0n) is 7.72. The van der Waals surface area contributed by atoms with Crippen molar-refractivity contribution in [3.8, 4) is 0 Å². The van der Waals surface area contributed by atoms with E-state index < -0.39 is 23.3 Å². The van der Waals surface area contributed by atoms with Crippen LogP contribution in [0, 0.1) is 6.92 Å². The van der Waals surface area contributed by atoms with E-state index in [2.05, 4.69) is 0 Å². The zero-order valence-corrected chi connectivity index (χ0v) is 7.72. The molecule has 0 aliphatic rings. The number of carboxylic acids is 1. The number of anilines is 1. The lowest BCUT2D eigenvalue weighted by Crippen LogP contribution is -2.11. The van der Waals surface area contributed by atoms with E-state index in [1.54, 1.807) is 0 Å². The van der Waals surface area contributed by atoms with Crippen LogP contribution in [-0.4, -0.2) is 11.1 Å². The fraction of sp³-hybridized carbons (Fsp3) is 0.222. The van der Waals surface area contributed by atoms with Gasteiger partial charge in [0.2, 0.25) is 0 Å². The van der Waals surface area contributed by atoms with Gasteiger partial charge in [0, 0.05) is 5.69 Å². The van der Waals surface area contributed by atoms with Crippen LogP contribution < -0.4 is 5.73 Å². The van der Waals surface area contributed by atoms with E-state index in [0.717, 1.165) is 6.07 Å². The second kappa shape index (κ2) is 3.45. The van der Waals surface area contributed by atoms with Gasteiger partial charge in [0.1, 0.15) is 0 Å². The lowest BCUT2D eigenvalue weighted by Gasteiger charge is -2.12. The largest absolute Gasteiger partial charge is 0.478 e. The molecule has 0 amide bonds. The van der Waals surface area contributed by atoms with Gasteiger partial charge in [0.15, 0.2) is 0 Å². The molecule has 0 radical (unpaired) electrons. The molecule has 0 fully saturated rings. The fourth-order valence-corrected chi connectivity index (χ4v) is 1.22. The Bertz CT molecular complexity index is 413. The third kappa shape index (κ3) is 2.20. The Balaban J connectivity index is 3.43. The van der Waals surface area contributed by atoms with Crippen LogP contribution in [0.2, 0.25) is 0 Å². The van der Waals surface area contributed by atoms with Gasteiger partial charge in [-0.3, -0.25) is 0 Å². The number of hydrogen-bond acceptors (Lipinski definition) is 2. The maximum atomic E-state index is 12.4. The minimum Gasteiger partial charge on any atom is -0.478 e. The first-order valence-corrected chi connectivity index (χ1v) is 3.94. The summed E-state index contributed by atoms with van der Waals surface area (Å²) in [6, 6.07) is 1.55. The van der Waals surface area contributed by atoms with Gasteiger partial charge >= 0.3 is 12.1 Å². The van der Waals surface area contributed by atoms with Crippen molar-refractivity contribution >= 4 is 11.7 Å². The van der Waals surface area contributed by atoms with Crippen molar-refractivity contribution in [1.29, 1.82) is 0 Å². The van der Waals surface area contributed by atoms with Gasteiger partial charge in [-0.2, -0.15) is 13.2 Å². The number of hydrogen-bond donors (Lipinski definition) is 2. The Morgan fingerprint density at radius 3 is 2.33 bits per heavy atom. The Morgan fingerprint density at radius 2 is 1.93 bits per heavy atom. The molecule has 0 aliphatic carbocycles. The second-order valence-corrected chi connectivity index (χ2v) is 3.06. The highest BCUT2D eigenvalue weighted by molar-refractivity contribution is 5.94. The molecule has 0 bridgehead atoms. The normalized spacial score (nSPS) is 11.5. The molecular weight excluding hydrogens is 211 g/mol. The standard InChI is InChI=1S/C9H8F3NO2/c1-4-2-7(13)5(8(14)15)3-6(4)9(10,11)12/h2-3H,13H2,1H3,(H,14,15). The van der Waals surface area contributed by atoms with E-state index in [0.29, 0.717) is 6.07 Å². The van der Waals surface area contributed by atoms with E-state index in [1.807, 2.05) is 0 Å². The SMILES string of the molecule is Cc1cc(N)c(C(=O)O)cc1C(F)(F)F. The molecule has 6 heteroatoms. The number of carboxylic acid groups (broad SMARTS) is 1. The third-order valence-electron chi connectivity index (χ3n) is 1.93. The minimum absolute atomic E-state index is 0.0926. The smallest absolute Gasteiger partial charge is 0.416 e. The molecule has 0 spiro atoms. The summed E-state index contributed by atoms with van der Waals surface area (Å²) in [5, 5.41) is 8.60. The quantitative estimate of drug-likeness (QED) is 0.712. The molecule has 82 valence electrons. The lowest BCUT2D eigenvalue weighted by atomic mass is 10.0. The maximum absolute atomic E-state index is 12.4. The highest BCUT2D eigenvalue weighted by Crippen LogP contribution is 2.34. The van der Waals surface area contributed by atoms with Crippen LogP contribution in [0.15, 0.2) is 12.1 Å². The highest BCUT2D eigenvalue weighted by atomic mass is 19.4. The monoisotopic (exact) mass is 219 g/mol. The van der Waals surface area contributed by atoms with Crippen LogP contribution >= 0.6 is 0 Å². The van der Waals surface area contributed by atoms with Crippen molar-refractivity contribution in [2.24, 2.45) is 0 Å². The van der Waals surface area contributed by atoms with E-state index in [4.69, 9.17) is 10.8 Å². The second-order valence-electron chi connectivity index (χ2n) is 3.06. The van der Waals surface area contributed by atoms with Crippen molar-refractivity contribution in [3.63, 3.8) is 0 Å². The van der Waals surface area contributed by atoms with Gasteiger partial charge in [-0.1, -0.05) is 0 Å². The number of alkyl halides is 3. The van der Waals surface area contributed by atoms with Crippen LogP contribution in [0.4, 0.5) is 18.9 Å². The van der Waals surface area contributed by atoms with Crippen molar-refractivity contribution < 1.29 is 23.1 Å². The van der Waals surface area contributed by atoms with Crippen molar-refractivity contribution in [2.75, 3.05) is 5.73 Å². The summed E-state index contributed by atoms with van der Waals surface area (Å²) in [6.45, 7) is 1.23. The molecule has 0 saturated heterocycles. The van der Waals surface area contributed by atoms with E-state index in [9.17, 15) is 18.0 Å². The van der Waals surface area contributed by atoms with Crippen LogP contribution in [0.3, 0.4) is 0 Å². The molecule has 0 aromatic heterocycles. The van der Waals surface area contributed by atoms with Gasteiger partial charge in [-0.15, -0.1) is 0 Å². The number of benzene rings is 1. The Kier molecular flexibility index (Phi) is 2.61. The zero-order chi connectivity index (χ0) is 11.8. The average molecular weight is 219 g/mol. The van der Waals surface area contributed by atoms with Crippen LogP contribution in [0.1, 0.15) is 21.5 Å². The van der Waals surface area contributed by atoms with Crippen molar-refractivity contribution in [3.05, 3.63) is 28.8 Å². The summed E-state index contributed by atoms with van der Waals surface area (Å²) in [7, 11) is 0. The number of aromatic carboxylic acids is 1. The molecule has 0 aliphatic heterocycles. The number of nitrogen functional groups attached to an aromatic ring is 1. The molecule has 0 atom stereocenters. The van der Waals surface area contributed by atoms with E-state index in [-0.39, 0.29) is 11.3 Å². The van der Waals surface area contributed by atoms with Crippen molar-refractivity contribution in [2.45, 2.75) is 13.1 Å². The van der Waals surface area contributed by atoms with Gasteiger partial charge in [-0.05, 0) is 24.6 Å². The first-order valence-electron chi connectivity index (χ1n) is 3.94. The molecule has 1 rings (SSSR count). The van der Waals surface area contributed by atoms with Crippen LogP contribution in [0.5, 0.6) is 0 Å². The lowest BCUT2D eigenvalue weighted by molar-refractivity contribution is -0.138. The first-order chi connectivity index (χ1) is 6.73. The van der Waals surface area contributed by atoms with Crippen LogP contribution in [-0.2, 0) is 6.18 Å². The summed E-state index contributed by atoms with van der Waals surface area (Å²) in [4.78, 5) is 10.6. The molecule has 3 N–H and O–H groups in total. The molecule has 0 heterocycles. The maximum Gasteiger partial charge on any atom is 0.416 e. The summed E-state index contributed by atoms with van der Waals surface area (Å²) in [5.74, 6) is -1.47. The molecule has 15 heavy (non-hydrogen) atoms. The number of carbonyl (C=O) groups is 1.